The van der Waals surface area contributed by atoms with E-state index in [1.165, 1.54) is 11.3 Å². The molecule has 0 fully saturated rings. The second-order valence-electron chi connectivity index (χ2n) is 4.27. The first-order valence-electron chi connectivity index (χ1n) is 5.86. The van der Waals surface area contributed by atoms with Crippen LogP contribution in [0.4, 0.5) is 5.69 Å². The van der Waals surface area contributed by atoms with Gasteiger partial charge in [-0.2, -0.15) is 0 Å². The number of hydrogen-bond donors (Lipinski definition) is 2. The number of carboxylic acid groups (broad SMARTS) is 1. The molecule has 1 aromatic heterocycles. The lowest BCUT2D eigenvalue weighted by atomic mass is 10.0. The maximum atomic E-state index is 11.2. The number of rotatable bonds is 3. The minimum Gasteiger partial charge on any atom is -0.477 e. The molecule has 3 nitrogen and oxygen atoms in total. The van der Waals surface area contributed by atoms with Crippen molar-refractivity contribution in [3.63, 3.8) is 0 Å². The molecule has 0 amide bonds. The molecule has 0 saturated carbocycles. The van der Waals surface area contributed by atoms with E-state index in [0.717, 1.165) is 32.5 Å². The molecule has 0 aliphatic carbocycles. The summed E-state index contributed by atoms with van der Waals surface area (Å²) in [7, 11) is 0. The number of nitrogens with two attached hydrogens (primary N) is 1. The van der Waals surface area contributed by atoms with Crippen molar-refractivity contribution in [3.8, 4) is 10.4 Å². The summed E-state index contributed by atoms with van der Waals surface area (Å²) in [5.41, 5.74) is 9.42. The fourth-order valence-corrected chi connectivity index (χ4v) is 3.80. The van der Waals surface area contributed by atoms with E-state index in [0.29, 0.717) is 5.69 Å². The first kappa shape index (κ1) is 14.1. The van der Waals surface area contributed by atoms with Crippen molar-refractivity contribution >= 4 is 38.9 Å². The average Bonchev–Trinajstić information content (AvgIpc) is 2.66. The Hall–Kier alpha value is -1.33. The zero-order valence-corrected chi connectivity index (χ0v) is 13.1. The van der Waals surface area contributed by atoms with Gasteiger partial charge in [0.25, 0.3) is 0 Å². The van der Waals surface area contributed by atoms with Gasteiger partial charge in [-0.15, -0.1) is 11.3 Å². The van der Waals surface area contributed by atoms with Crippen LogP contribution in [0.15, 0.2) is 22.7 Å². The van der Waals surface area contributed by atoms with Crippen molar-refractivity contribution in [1.29, 1.82) is 0 Å². The molecule has 0 atom stereocenters. The lowest BCUT2D eigenvalue weighted by Gasteiger charge is -2.07. The molecule has 0 bridgehead atoms. The summed E-state index contributed by atoms with van der Waals surface area (Å²) in [5.74, 6) is -0.960. The number of carbonyl (C=O) groups is 1. The Morgan fingerprint density at radius 1 is 1.47 bits per heavy atom. The summed E-state index contributed by atoms with van der Waals surface area (Å²) in [6, 6.07) is 5.97. The van der Waals surface area contributed by atoms with Gasteiger partial charge in [0.1, 0.15) is 4.88 Å². The van der Waals surface area contributed by atoms with E-state index in [2.05, 4.69) is 15.9 Å². The SMILES string of the molecule is CCc1c(-c2ccc(Br)cc2C)sc(C(=O)O)c1N. The van der Waals surface area contributed by atoms with Gasteiger partial charge >= 0.3 is 5.97 Å². The van der Waals surface area contributed by atoms with E-state index < -0.39 is 5.97 Å². The van der Waals surface area contributed by atoms with Crippen LogP contribution in [0, 0.1) is 6.92 Å². The van der Waals surface area contributed by atoms with Gasteiger partial charge in [-0.3, -0.25) is 0 Å². The number of benzene rings is 1. The molecule has 0 radical (unpaired) electrons. The van der Waals surface area contributed by atoms with Crippen LogP contribution < -0.4 is 5.73 Å². The summed E-state index contributed by atoms with van der Waals surface area (Å²) in [4.78, 5) is 12.4. The van der Waals surface area contributed by atoms with Crippen molar-refractivity contribution in [1.82, 2.24) is 0 Å². The largest absolute Gasteiger partial charge is 0.477 e. The highest BCUT2D eigenvalue weighted by atomic mass is 79.9. The van der Waals surface area contributed by atoms with Crippen molar-refractivity contribution < 1.29 is 9.90 Å². The topological polar surface area (TPSA) is 63.3 Å². The Morgan fingerprint density at radius 2 is 2.16 bits per heavy atom. The molecule has 2 aromatic rings. The molecule has 100 valence electrons. The smallest absolute Gasteiger partial charge is 0.348 e. The van der Waals surface area contributed by atoms with Crippen molar-refractivity contribution in [2.75, 3.05) is 5.73 Å². The lowest BCUT2D eigenvalue weighted by molar-refractivity contribution is 0.0703. The number of aryl methyl sites for hydroxylation is 1. The fraction of sp³-hybridized carbons (Fsp3) is 0.214. The highest BCUT2D eigenvalue weighted by Crippen LogP contribution is 2.40. The normalized spacial score (nSPS) is 10.7. The Bertz CT molecular complexity index is 649. The Kier molecular flexibility index (Phi) is 3.96. The number of aromatic carboxylic acids is 1. The molecule has 3 N–H and O–H groups in total. The molecule has 0 saturated heterocycles. The van der Waals surface area contributed by atoms with Crippen LogP contribution in [0.1, 0.15) is 27.7 Å². The molecule has 0 spiro atoms. The zero-order valence-electron chi connectivity index (χ0n) is 10.7. The van der Waals surface area contributed by atoms with Crippen LogP contribution in [-0.4, -0.2) is 11.1 Å². The number of carboxylic acids is 1. The first-order valence-corrected chi connectivity index (χ1v) is 7.47. The Balaban J connectivity index is 2.68. The summed E-state index contributed by atoms with van der Waals surface area (Å²) in [6.45, 7) is 4.00. The molecule has 0 aliphatic rings. The Morgan fingerprint density at radius 3 is 2.68 bits per heavy atom. The number of anilines is 1. The average molecular weight is 340 g/mol. The maximum absolute atomic E-state index is 11.2. The molecule has 0 aliphatic heterocycles. The van der Waals surface area contributed by atoms with Gasteiger partial charge in [0.05, 0.1) is 5.69 Å². The third-order valence-corrected chi connectivity index (χ3v) is 4.79. The van der Waals surface area contributed by atoms with Gasteiger partial charge in [-0.1, -0.05) is 28.9 Å². The van der Waals surface area contributed by atoms with Gasteiger partial charge < -0.3 is 10.8 Å². The van der Waals surface area contributed by atoms with E-state index in [4.69, 9.17) is 5.73 Å². The predicted octanol–water partition coefficient (Wildman–Crippen LogP) is 4.33. The maximum Gasteiger partial charge on any atom is 0.348 e. The minimum absolute atomic E-state index is 0.231. The second-order valence-corrected chi connectivity index (χ2v) is 6.21. The number of hydrogen-bond acceptors (Lipinski definition) is 3. The Labute approximate surface area is 124 Å². The van der Waals surface area contributed by atoms with Gasteiger partial charge in [-0.25, -0.2) is 4.79 Å². The van der Waals surface area contributed by atoms with Crippen molar-refractivity contribution in [2.45, 2.75) is 20.3 Å². The second kappa shape index (κ2) is 5.35. The molecule has 1 heterocycles. The third kappa shape index (κ3) is 2.53. The fourth-order valence-electron chi connectivity index (χ4n) is 2.09. The van der Waals surface area contributed by atoms with E-state index in [1.807, 2.05) is 32.0 Å². The van der Waals surface area contributed by atoms with E-state index in [-0.39, 0.29) is 4.88 Å². The summed E-state index contributed by atoms with van der Waals surface area (Å²) >= 11 is 4.68. The third-order valence-electron chi connectivity index (χ3n) is 3.03. The zero-order chi connectivity index (χ0) is 14.2. The van der Waals surface area contributed by atoms with Gasteiger partial charge in [-0.05, 0) is 42.2 Å². The monoisotopic (exact) mass is 339 g/mol. The van der Waals surface area contributed by atoms with Crippen LogP contribution in [0.3, 0.4) is 0 Å². The van der Waals surface area contributed by atoms with Crippen LogP contribution in [-0.2, 0) is 6.42 Å². The van der Waals surface area contributed by atoms with Crippen LogP contribution >= 0.6 is 27.3 Å². The first-order chi connectivity index (χ1) is 8.95. The highest BCUT2D eigenvalue weighted by Gasteiger charge is 2.21. The lowest BCUT2D eigenvalue weighted by Crippen LogP contribution is -1.99. The number of halogens is 1. The van der Waals surface area contributed by atoms with E-state index >= 15 is 0 Å². The van der Waals surface area contributed by atoms with E-state index in [1.54, 1.807) is 0 Å². The van der Waals surface area contributed by atoms with Gasteiger partial charge in [0, 0.05) is 9.35 Å². The quantitative estimate of drug-likeness (QED) is 0.874. The van der Waals surface area contributed by atoms with Crippen LogP contribution in [0.25, 0.3) is 10.4 Å². The number of thiophene rings is 1. The predicted molar refractivity (Wildman–Crippen MR) is 82.9 cm³/mol. The molecular formula is C14H14BrNO2S. The molecule has 19 heavy (non-hydrogen) atoms. The molecule has 2 rings (SSSR count). The van der Waals surface area contributed by atoms with E-state index in [9.17, 15) is 9.90 Å². The molecule has 5 heteroatoms. The van der Waals surface area contributed by atoms with Gasteiger partial charge in [0.15, 0.2) is 0 Å². The van der Waals surface area contributed by atoms with Gasteiger partial charge in [0.2, 0.25) is 0 Å². The summed E-state index contributed by atoms with van der Waals surface area (Å²) in [6.07, 6.45) is 0.723. The standard InChI is InChI=1S/C14H14BrNO2S/c1-3-9-11(16)13(14(17)18)19-12(9)10-5-4-8(15)6-7(10)2/h4-6H,3,16H2,1-2H3,(H,17,18). The highest BCUT2D eigenvalue weighted by molar-refractivity contribution is 9.10. The van der Waals surface area contributed by atoms with Crippen molar-refractivity contribution in [2.24, 2.45) is 0 Å². The van der Waals surface area contributed by atoms with Crippen molar-refractivity contribution in [3.05, 3.63) is 38.7 Å². The molecule has 1 aromatic carbocycles. The minimum atomic E-state index is -0.960. The summed E-state index contributed by atoms with van der Waals surface area (Å²) < 4.78 is 1.01. The molecular weight excluding hydrogens is 326 g/mol. The summed E-state index contributed by atoms with van der Waals surface area (Å²) in [5, 5.41) is 9.18. The number of nitrogen functional groups attached to an aromatic ring is 1. The van der Waals surface area contributed by atoms with Crippen LogP contribution in [0.5, 0.6) is 0 Å². The van der Waals surface area contributed by atoms with Crippen LogP contribution in [0.2, 0.25) is 0 Å². The molecule has 0 unspecified atom stereocenters.